The number of hydrogen-bond donors (Lipinski definition) is 0. The quantitative estimate of drug-likeness (QED) is 0.0223. The highest BCUT2D eigenvalue weighted by atomic mass is 28.4. The average Bonchev–Trinajstić information content (AvgIpc) is 3.88. The number of carbonyl (C=O) groups excluding carboxylic acids is 3. The summed E-state index contributed by atoms with van der Waals surface area (Å²) in [4.78, 5) is 38.4. The van der Waals surface area contributed by atoms with Gasteiger partial charge in [-0.05, 0) is 89.1 Å². The van der Waals surface area contributed by atoms with E-state index < -0.39 is 38.2 Å². The summed E-state index contributed by atoms with van der Waals surface area (Å²) in [5, 5.41) is -0.0674. The van der Waals surface area contributed by atoms with Crippen LogP contribution in [0.3, 0.4) is 0 Å². The third-order valence-electron chi connectivity index (χ3n) is 11.4. The van der Waals surface area contributed by atoms with Crippen molar-refractivity contribution in [2.75, 3.05) is 33.0 Å². The molecule has 56 heavy (non-hydrogen) atoms. The van der Waals surface area contributed by atoms with E-state index in [1.807, 2.05) is 65.8 Å². The van der Waals surface area contributed by atoms with Gasteiger partial charge in [-0.15, -0.1) is 0 Å². The van der Waals surface area contributed by atoms with Crippen molar-refractivity contribution in [1.82, 2.24) is 0 Å². The van der Waals surface area contributed by atoms with Crippen molar-refractivity contribution in [2.45, 2.75) is 176 Å². The van der Waals surface area contributed by atoms with Crippen LogP contribution in [0.15, 0.2) is 36.0 Å². The van der Waals surface area contributed by atoms with Crippen molar-refractivity contribution < 1.29 is 52.0 Å². The lowest BCUT2D eigenvalue weighted by Crippen LogP contribution is -2.48. The number of esters is 3. The lowest BCUT2D eigenvalue weighted by molar-refractivity contribution is -0.166. The lowest BCUT2D eigenvalue weighted by atomic mass is 9.88. The molecule has 322 valence electrons. The van der Waals surface area contributed by atoms with Crippen LogP contribution in [-0.2, 0) is 52.0 Å². The number of hydrogen-bond acceptors (Lipinski definition) is 11. The van der Waals surface area contributed by atoms with Crippen LogP contribution < -0.4 is 0 Å². The van der Waals surface area contributed by atoms with Crippen molar-refractivity contribution in [2.24, 2.45) is 17.8 Å². The van der Waals surface area contributed by atoms with E-state index in [-0.39, 0.29) is 66.1 Å². The standard InChI is InChI=1S/C44H76O11Si/c1-15-36(52-40(47)29-49-17-3)33(7)42-37(53-42)27-30(4)19-18-20-31(5)41-32(6)21-22-38(51-34(8)45)44(12,50-26-25-48-16-2)24-23-35(28-39(46)54-41)55-56(13,14)43(9,10)11/h18-22,30,32-33,35-38,41-42H,15-17,23-29H2,1-14H3/b19-18+,22-21+,31-20+. The summed E-state index contributed by atoms with van der Waals surface area (Å²) in [6, 6.07) is 0. The summed E-state index contributed by atoms with van der Waals surface area (Å²) >= 11 is 0. The second-order valence-corrected chi connectivity index (χ2v) is 22.1. The molecule has 2 rings (SSSR count). The first kappa shape index (κ1) is 49.8. The first-order valence-corrected chi connectivity index (χ1v) is 23.8. The Hall–Kier alpha value is -2.35. The van der Waals surface area contributed by atoms with Crippen LogP contribution in [0.4, 0.5) is 0 Å². The van der Waals surface area contributed by atoms with Gasteiger partial charge >= 0.3 is 17.9 Å². The van der Waals surface area contributed by atoms with E-state index in [1.165, 1.54) is 6.92 Å². The Kier molecular flexibility index (Phi) is 20.7. The molecule has 0 amide bonds. The molecule has 0 bridgehead atoms. The molecule has 1 saturated heterocycles. The van der Waals surface area contributed by atoms with Gasteiger partial charge in [-0.3, -0.25) is 9.59 Å². The Balaban J connectivity index is 2.31. The molecule has 0 saturated carbocycles. The molecule has 11 nitrogen and oxygen atoms in total. The van der Waals surface area contributed by atoms with E-state index in [4.69, 9.17) is 37.6 Å². The Bertz CT molecular complexity index is 1320. The zero-order valence-corrected chi connectivity index (χ0v) is 38.1. The van der Waals surface area contributed by atoms with Gasteiger partial charge < -0.3 is 37.6 Å². The smallest absolute Gasteiger partial charge is 0.332 e. The average molecular weight is 809 g/mol. The highest BCUT2D eigenvalue weighted by molar-refractivity contribution is 6.74. The maximum absolute atomic E-state index is 13.8. The number of ether oxygens (including phenoxy) is 7. The van der Waals surface area contributed by atoms with Gasteiger partial charge in [0.15, 0.2) is 8.32 Å². The molecular formula is C44H76O11Si. The van der Waals surface area contributed by atoms with Gasteiger partial charge in [-0.2, -0.15) is 0 Å². The molecule has 0 N–H and O–H groups in total. The maximum atomic E-state index is 13.8. The second-order valence-electron chi connectivity index (χ2n) is 17.4. The summed E-state index contributed by atoms with van der Waals surface area (Å²) in [5.41, 5.74) is -0.0179. The summed E-state index contributed by atoms with van der Waals surface area (Å²) < 4.78 is 48.0. The van der Waals surface area contributed by atoms with Crippen molar-refractivity contribution >= 4 is 26.2 Å². The number of rotatable bonds is 20. The molecule has 2 aliphatic rings. The van der Waals surface area contributed by atoms with Crippen LogP contribution in [-0.4, -0.2) is 101 Å². The van der Waals surface area contributed by atoms with Gasteiger partial charge in [-0.25, -0.2) is 4.79 Å². The highest BCUT2D eigenvalue weighted by Gasteiger charge is 2.46. The predicted octanol–water partition coefficient (Wildman–Crippen LogP) is 8.70. The molecule has 0 aliphatic carbocycles. The van der Waals surface area contributed by atoms with Crippen molar-refractivity contribution in [1.29, 1.82) is 0 Å². The van der Waals surface area contributed by atoms with Gasteiger partial charge in [-0.1, -0.05) is 72.8 Å². The molecule has 12 heteroatoms. The van der Waals surface area contributed by atoms with Gasteiger partial charge in [0.25, 0.3) is 0 Å². The monoisotopic (exact) mass is 809 g/mol. The van der Waals surface area contributed by atoms with Gasteiger partial charge in [0, 0.05) is 32.0 Å². The molecule has 0 aromatic rings. The topological polar surface area (TPSA) is 128 Å². The minimum Gasteiger partial charge on any atom is -0.460 e. The third kappa shape index (κ3) is 16.5. The van der Waals surface area contributed by atoms with E-state index in [0.29, 0.717) is 45.7 Å². The van der Waals surface area contributed by atoms with Crippen LogP contribution in [0.2, 0.25) is 18.1 Å². The first-order valence-electron chi connectivity index (χ1n) is 20.9. The maximum Gasteiger partial charge on any atom is 0.332 e. The third-order valence-corrected chi connectivity index (χ3v) is 15.9. The summed E-state index contributed by atoms with van der Waals surface area (Å²) in [6.07, 6.45) is 10.8. The van der Waals surface area contributed by atoms with Crippen molar-refractivity contribution in [3.05, 3.63) is 36.0 Å². The fraction of sp³-hybridized carbons (Fsp3) is 0.795. The minimum absolute atomic E-state index is 0.0356. The second kappa shape index (κ2) is 23.3. The molecule has 2 heterocycles. The normalized spacial score (nSPS) is 29.0. The van der Waals surface area contributed by atoms with Crippen LogP contribution in [0.25, 0.3) is 0 Å². The van der Waals surface area contributed by atoms with E-state index in [9.17, 15) is 14.4 Å². The Morgan fingerprint density at radius 2 is 1.73 bits per heavy atom. The fourth-order valence-corrected chi connectivity index (χ4v) is 8.23. The first-order chi connectivity index (χ1) is 26.2. The molecule has 0 radical (unpaired) electrons. The predicted molar refractivity (Wildman–Crippen MR) is 222 cm³/mol. The summed E-state index contributed by atoms with van der Waals surface area (Å²) in [7, 11) is -2.28. The van der Waals surface area contributed by atoms with Crippen LogP contribution in [0.1, 0.15) is 115 Å². The number of allylic oxidation sites excluding steroid dienone is 3. The van der Waals surface area contributed by atoms with E-state index in [2.05, 4.69) is 53.8 Å². The van der Waals surface area contributed by atoms with Crippen LogP contribution in [0.5, 0.6) is 0 Å². The molecule has 2 aliphatic heterocycles. The largest absolute Gasteiger partial charge is 0.460 e. The van der Waals surface area contributed by atoms with Gasteiger partial charge in [0.1, 0.15) is 30.5 Å². The summed E-state index contributed by atoms with van der Waals surface area (Å²) in [6.45, 7) is 30.0. The highest BCUT2D eigenvalue weighted by Crippen LogP contribution is 2.40. The van der Waals surface area contributed by atoms with E-state index >= 15 is 0 Å². The molecule has 10 unspecified atom stereocenters. The van der Waals surface area contributed by atoms with E-state index in [1.54, 1.807) is 0 Å². The zero-order valence-electron chi connectivity index (χ0n) is 37.1. The van der Waals surface area contributed by atoms with Gasteiger partial charge in [0.05, 0.1) is 37.9 Å². The van der Waals surface area contributed by atoms with E-state index in [0.717, 1.165) is 12.0 Å². The number of epoxide rings is 1. The molecular weight excluding hydrogens is 733 g/mol. The number of cyclic esters (lactones) is 1. The van der Waals surface area contributed by atoms with Crippen molar-refractivity contribution in [3.63, 3.8) is 0 Å². The Morgan fingerprint density at radius 3 is 2.34 bits per heavy atom. The molecule has 0 spiro atoms. The molecule has 0 aromatic carbocycles. The molecule has 10 atom stereocenters. The minimum atomic E-state index is -2.28. The van der Waals surface area contributed by atoms with Crippen LogP contribution in [0, 0.1) is 17.8 Å². The lowest BCUT2D eigenvalue weighted by Gasteiger charge is -2.41. The summed E-state index contributed by atoms with van der Waals surface area (Å²) in [5.74, 6) is -1.03. The Morgan fingerprint density at radius 1 is 1.05 bits per heavy atom. The Labute approximate surface area is 339 Å². The van der Waals surface area contributed by atoms with Gasteiger partial charge in [0.2, 0.25) is 0 Å². The molecule has 0 aromatic heterocycles. The zero-order chi connectivity index (χ0) is 42.3. The van der Waals surface area contributed by atoms with Crippen LogP contribution >= 0.6 is 0 Å². The number of carbonyl (C=O) groups is 3. The van der Waals surface area contributed by atoms with Crippen molar-refractivity contribution in [3.8, 4) is 0 Å². The molecule has 1 fully saturated rings. The fourth-order valence-electron chi connectivity index (χ4n) is 6.84. The SMILES string of the molecule is CCOCCOC1(C)CCC(O[Si](C)(C)C(C)(C)C)CC(=O)OC(/C(C)=C/C=C/C(C)CC2OC2C(C)C(CC)OC(=O)COCC)C(C)/C=C/C1OC(C)=O.